The first kappa shape index (κ1) is 12.9. The first-order chi connectivity index (χ1) is 7.99. The molecule has 17 heavy (non-hydrogen) atoms. The molecular weight excluding hydrogens is 306 g/mol. The van der Waals surface area contributed by atoms with Gasteiger partial charge in [-0.05, 0) is 47.0 Å². The summed E-state index contributed by atoms with van der Waals surface area (Å²) in [6.45, 7) is 0.656. The van der Waals surface area contributed by atoms with Gasteiger partial charge >= 0.3 is 0 Å². The van der Waals surface area contributed by atoms with Crippen LogP contribution in [0.3, 0.4) is 0 Å². The molecule has 0 aromatic heterocycles. The van der Waals surface area contributed by atoms with E-state index in [4.69, 9.17) is 10.5 Å². The predicted octanol–water partition coefficient (Wildman–Crippen LogP) is 1.98. The van der Waals surface area contributed by atoms with Crippen LogP contribution in [0.5, 0.6) is 0 Å². The van der Waals surface area contributed by atoms with Gasteiger partial charge in [-0.3, -0.25) is 0 Å². The van der Waals surface area contributed by atoms with Crippen LogP contribution in [0, 0.1) is 0 Å². The molecule has 94 valence electrons. The molecule has 1 aromatic rings. The first-order valence-electron chi connectivity index (χ1n) is 5.38. The average molecular weight is 320 g/mol. The molecule has 1 atom stereocenters. The highest BCUT2D eigenvalue weighted by atomic mass is 79.9. The maximum absolute atomic E-state index is 12.2. The third kappa shape index (κ3) is 3.00. The number of hydrogen-bond donors (Lipinski definition) is 1. The highest BCUT2D eigenvalue weighted by Gasteiger charge is 2.26. The molecule has 4 nitrogen and oxygen atoms in total. The van der Waals surface area contributed by atoms with Gasteiger partial charge in [-0.2, -0.15) is 0 Å². The second kappa shape index (κ2) is 4.96. The molecule has 1 aliphatic heterocycles. The molecule has 2 rings (SSSR count). The maximum Gasteiger partial charge on any atom is 0.182 e. The van der Waals surface area contributed by atoms with Crippen LogP contribution in [0.4, 0.5) is 5.69 Å². The van der Waals surface area contributed by atoms with Crippen LogP contribution in [-0.4, -0.2) is 26.9 Å². The van der Waals surface area contributed by atoms with Crippen molar-refractivity contribution in [3.63, 3.8) is 0 Å². The summed E-state index contributed by atoms with van der Waals surface area (Å²) in [6.07, 6.45) is 1.57. The Bertz CT molecular complexity index is 509. The quantitative estimate of drug-likeness (QED) is 0.865. The number of ether oxygens (including phenoxy) is 1. The van der Waals surface area contributed by atoms with Gasteiger partial charge < -0.3 is 10.5 Å². The summed E-state index contributed by atoms with van der Waals surface area (Å²) >= 11 is 3.23. The lowest BCUT2D eigenvalue weighted by Crippen LogP contribution is -2.20. The van der Waals surface area contributed by atoms with Crippen LogP contribution in [0.15, 0.2) is 27.6 Å². The summed E-state index contributed by atoms with van der Waals surface area (Å²) in [7, 11) is -3.32. The first-order valence-corrected chi connectivity index (χ1v) is 7.83. The van der Waals surface area contributed by atoms with Crippen molar-refractivity contribution in [3.05, 3.63) is 22.7 Å². The minimum absolute atomic E-state index is 0.0372. The standard InChI is InChI=1S/C11H14BrNO3S/c12-10-6-8(13)3-4-11(10)17(14,15)7-9-2-1-5-16-9/h3-4,6,9H,1-2,5,7,13H2. The fraction of sp³-hybridized carbons (Fsp3) is 0.455. The molecule has 6 heteroatoms. The maximum atomic E-state index is 12.2. The Kier molecular flexibility index (Phi) is 3.75. The van der Waals surface area contributed by atoms with E-state index in [1.165, 1.54) is 6.07 Å². The van der Waals surface area contributed by atoms with E-state index in [1.54, 1.807) is 12.1 Å². The van der Waals surface area contributed by atoms with E-state index in [2.05, 4.69) is 15.9 Å². The number of sulfone groups is 1. The van der Waals surface area contributed by atoms with Crippen molar-refractivity contribution in [2.24, 2.45) is 0 Å². The summed E-state index contributed by atoms with van der Waals surface area (Å²) < 4.78 is 30.2. The minimum Gasteiger partial charge on any atom is -0.399 e. The topological polar surface area (TPSA) is 69.4 Å². The molecule has 0 bridgehead atoms. The van der Waals surface area contributed by atoms with Gasteiger partial charge in [0, 0.05) is 16.8 Å². The second-order valence-electron chi connectivity index (χ2n) is 4.11. The van der Waals surface area contributed by atoms with Crippen LogP contribution >= 0.6 is 15.9 Å². The zero-order valence-electron chi connectivity index (χ0n) is 9.23. The number of nitrogens with two attached hydrogens (primary N) is 1. The Balaban J connectivity index is 2.24. The molecule has 1 aromatic carbocycles. The fourth-order valence-corrected chi connectivity index (χ4v) is 4.58. The average Bonchev–Trinajstić information content (AvgIpc) is 2.68. The molecule has 1 heterocycles. The van der Waals surface area contributed by atoms with E-state index in [1.807, 2.05) is 0 Å². The number of benzene rings is 1. The summed E-state index contributed by atoms with van der Waals surface area (Å²) in [5, 5.41) is 0. The molecule has 1 aliphatic rings. The van der Waals surface area contributed by atoms with Gasteiger partial charge in [0.1, 0.15) is 0 Å². The van der Waals surface area contributed by atoms with Gasteiger partial charge in [0.25, 0.3) is 0 Å². The number of nitrogen functional groups attached to an aromatic ring is 1. The summed E-state index contributed by atoms with van der Waals surface area (Å²) in [6, 6.07) is 4.72. The van der Waals surface area contributed by atoms with Crippen LogP contribution in [0.2, 0.25) is 0 Å². The van der Waals surface area contributed by atoms with E-state index < -0.39 is 9.84 Å². The number of anilines is 1. The van der Waals surface area contributed by atoms with E-state index in [-0.39, 0.29) is 16.8 Å². The smallest absolute Gasteiger partial charge is 0.182 e. The molecule has 1 saturated heterocycles. The lowest BCUT2D eigenvalue weighted by atomic mass is 10.3. The summed E-state index contributed by atoms with van der Waals surface area (Å²) in [5.74, 6) is 0.0372. The van der Waals surface area contributed by atoms with Crippen molar-refractivity contribution in [2.75, 3.05) is 18.1 Å². The lowest BCUT2D eigenvalue weighted by molar-refractivity contribution is 0.127. The number of halogens is 1. The molecule has 1 unspecified atom stereocenters. The van der Waals surface area contributed by atoms with E-state index in [9.17, 15) is 8.42 Å². The lowest BCUT2D eigenvalue weighted by Gasteiger charge is -2.11. The largest absolute Gasteiger partial charge is 0.399 e. The zero-order valence-corrected chi connectivity index (χ0v) is 11.6. The fourth-order valence-electron chi connectivity index (χ4n) is 1.88. The van der Waals surface area contributed by atoms with Crippen molar-refractivity contribution in [2.45, 2.75) is 23.8 Å². The van der Waals surface area contributed by atoms with Gasteiger partial charge in [-0.25, -0.2) is 8.42 Å². The van der Waals surface area contributed by atoms with Crippen molar-refractivity contribution in [1.29, 1.82) is 0 Å². The molecule has 2 N–H and O–H groups in total. The molecule has 0 amide bonds. The van der Waals surface area contributed by atoms with Gasteiger partial charge in [0.05, 0.1) is 16.8 Å². The van der Waals surface area contributed by atoms with Crippen LogP contribution in [-0.2, 0) is 14.6 Å². The van der Waals surface area contributed by atoms with E-state index in [0.29, 0.717) is 16.8 Å². The van der Waals surface area contributed by atoms with Crippen molar-refractivity contribution >= 4 is 31.5 Å². The highest BCUT2D eigenvalue weighted by molar-refractivity contribution is 9.10. The second-order valence-corrected chi connectivity index (χ2v) is 6.96. The predicted molar refractivity (Wildman–Crippen MR) is 69.6 cm³/mol. The van der Waals surface area contributed by atoms with Crippen LogP contribution in [0.1, 0.15) is 12.8 Å². The van der Waals surface area contributed by atoms with Gasteiger partial charge in [0.2, 0.25) is 0 Å². The Hall–Kier alpha value is -0.590. The SMILES string of the molecule is Nc1ccc(S(=O)(=O)CC2CCCO2)c(Br)c1. The highest BCUT2D eigenvalue weighted by Crippen LogP contribution is 2.27. The van der Waals surface area contributed by atoms with Gasteiger partial charge in [0.15, 0.2) is 9.84 Å². The van der Waals surface area contributed by atoms with Gasteiger partial charge in [-0.15, -0.1) is 0 Å². The molecule has 0 aliphatic carbocycles. The van der Waals surface area contributed by atoms with Crippen molar-refractivity contribution < 1.29 is 13.2 Å². The monoisotopic (exact) mass is 319 g/mol. The molecule has 0 spiro atoms. The Morgan fingerprint density at radius 3 is 2.82 bits per heavy atom. The van der Waals surface area contributed by atoms with Gasteiger partial charge in [-0.1, -0.05) is 0 Å². The van der Waals surface area contributed by atoms with E-state index >= 15 is 0 Å². The Morgan fingerprint density at radius 2 is 2.24 bits per heavy atom. The third-order valence-electron chi connectivity index (χ3n) is 2.72. The van der Waals surface area contributed by atoms with Crippen molar-refractivity contribution in [3.8, 4) is 0 Å². The summed E-state index contributed by atoms with van der Waals surface area (Å²) in [5.41, 5.74) is 6.12. The van der Waals surface area contributed by atoms with Crippen LogP contribution < -0.4 is 5.73 Å². The number of rotatable bonds is 3. The van der Waals surface area contributed by atoms with Crippen molar-refractivity contribution in [1.82, 2.24) is 0 Å². The summed E-state index contributed by atoms with van der Waals surface area (Å²) in [4.78, 5) is 0.280. The minimum atomic E-state index is -3.32. The molecule has 1 fully saturated rings. The third-order valence-corrected chi connectivity index (χ3v) is 5.48. The zero-order chi connectivity index (χ0) is 12.5. The molecular formula is C11H14BrNO3S. The normalized spacial score (nSPS) is 20.6. The van der Waals surface area contributed by atoms with E-state index in [0.717, 1.165) is 12.8 Å². The van der Waals surface area contributed by atoms with Crippen LogP contribution in [0.25, 0.3) is 0 Å². The Labute approximate surface area is 109 Å². The molecule has 0 saturated carbocycles. The Morgan fingerprint density at radius 1 is 1.47 bits per heavy atom. The number of hydrogen-bond acceptors (Lipinski definition) is 4. The molecule has 0 radical (unpaired) electrons.